The Hall–Kier alpha value is -5.80. The summed E-state index contributed by atoms with van der Waals surface area (Å²) in [5, 5.41) is 2.53. The van der Waals surface area contributed by atoms with Crippen LogP contribution < -0.4 is 0 Å². The van der Waals surface area contributed by atoms with Crippen LogP contribution >= 0.6 is 0 Å². The van der Waals surface area contributed by atoms with Crippen LogP contribution in [-0.4, -0.2) is 14.5 Å². The lowest BCUT2D eigenvalue weighted by atomic mass is 10.00. The summed E-state index contributed by atoms with van der Waals surface area (Å²) < 4.78 is 2.34. The number of nitrogens with zero attached hydrogens (tertiary/aromatic N) is 3. The van der Waals surface area contributed by atoms with Crippen molar-refractivity contribution in [3.63, 3.8) is 0 Å². The molecule has 0 saturated carbocycles. The molecule has 44 heavy (non-hydrogen) atoms. The summed E-state index contributed by atoms with van der Waals surface area (Å²) in [6, 6.07) is 46.8. The minimum Gasteiger partial charge on any atom is -0.309 e. The molecule has 0 aliphatic rings. The number of allylic oxidation sites excluding steroid dienone is 5. The van der Waals surface area contributed by atoms with Gasteiger partial charge in [-0.2, -0.15) is 0 Å². The predicted molar refractivity (Wildman–Crippen MR) is 186 cm³/mol. The van der Waals surface area contributed by atoms with Gasteiger partial charge in [0.25, 0.3) is 0 Å². The molecule has 2 heterocycles. The number of benzene rings is 5. The second-order valence-electron chi connectivity index (χ2n) is 10.7. The Balaban J connectivity index is 1.29. The highest BCUT2D eigenvalue weighted by atomic mass is 15.0. The molecule has 0 aliphatic carbocycles. The fourth-order valence-corrected chi connectivity index (χ4v) is 5.78. The average Bonchev–Trinajstić information content (AvgIpc) is 3.43. The molecular weight excluding hydrogens is 534 g/mol. The Kier molecular flexibility index (Phi) is 7.27. The van der Waals surface area contributed by atoms with Gasteiger partial charge >= 0.3 is 0 Å². The third-order valence-corrected chi connectivity index (χ3v) is 7.94. The van der Waals surface area contributed by atoms with Gasteiger partial charge in [-0.3, -0.25) is 0 Å². The van der Waals surface area contributed by atoms with Crippen LogP contribution in [-0.2, 0) is 0 Å². The van der Waals surface area contributed by atoms with E-state index in [9.17, 15) is 0 Å². The van der Waals surface area contributed by atoms with Gasteiger partial charge in [-0.1, -0.05) is 128 Å². The van der Waals surface area contributed by atoms with E-state index in [0.717, 1.165) is 44.9 Å². The zero-order valence-corrected chi connectivity index (χ0v) is 24.6. The van der Waals surface area contributed by atoms with Gasteiger partial charge in [0.1, 0.15) is 0 Å². The van der Waals surface area contributed by atoms with Gasteiger partial charge in [0.05, 0.1) is 22.4 Å². The largest absolute Gasteiger partial charge is 0.309 e. The van der Waals surface area contributed by atoms with Crippen LogP contribution in [0.25, 0.3) is 66.8 Å². The average molecular weight is 566 g/mol. The Morgan fingerprint density at radius 2 is 1.25 bits per heavy atom. The van der Waals surface area contributed by atoms with Crippen LogP contribution in [0, 0.1) is 0 Å². The van der Waals surface area contributed by atoms with Gasteiger partial charge in [0.2, 0.25) is 0 Å². The van der Waals surface area contributed by atoms with Crippen LogP contribution in [0.4, 0.5) is 0 Å². The fraction of sp³-hybridized carbons (Fsp3) is 0.0244. The first-order valence-corrected chi connectivity index (χ1v) is 14.8. The molecule has 0 N–H and O–H groups in total. The topological polar surface area (TPSA) is 30.7 Å². The summed E-state index contributed by atoms with van der Waals surface area (Å²) in [6.45, 7) is 6.04. The monoisotopic (exact) mass is 565 g/mol. The number of rotatable bonds is 7. The first-order chi connectivity index (χ1) is 21.7. The maximum atomic E-state index is 5.02. The molecule has 0 radical (unpaired) electrons. The van der Waals surface area contributed by atoms with E-state index >= 15 is 0 Å². The van der Waals surface area contributed by atoms with E-state index in [4.69, 9.17) is 9.97 Å². The zero-order chi connectivity index (χ0) is 29.9. The van der Waals surface area contributed by atoms with Crippen LogP contribution in [0.1, 0.15) is 12.6 Å². The molecule has 5 aromatic carbocycles. The second-order valence-corrected chi connectivity index (χ2v) is 10.7. The Bertz CT molecular complexity index is 2130. The van der Waals surface area contributed by atoms with E-state index in [1.54, 1.807) is 0 Å². The minimum absolute atomic E-state index is 0.687. The molecule has 3 nitrogen and oxygen atoms in total. The molecule has 7 rings (SSSR count). The summed E-state index contributed by atoms with van der Waals surface area (Å²) >= 11 is 0. The molecule has 0 spiro atoms. The van der Waals surface area contributed by atoms with Gasteiger partial charge in [0.15, 0.2) is 5.82 Å². The van der Waals surface area contributed by atoms with E-state index < -0.39 is 0 Å². The van der Waals surface area contributed by atoms with Crippen molar-refractivity contribution in [2.24, 2.45) is 0 Å². The Morgan fingerprint density at radius 1 is 0.614 bits per heavy atom. The van der Waals surface area contributed by atoms with Crippen LogP contribution in [0.15, 0.2) is 164 Å². The summed E-state index contributed by atoms with van der Waals surface area (Å²) in [4.78, 5) is 9.94. The molecule has 210 valence electrons. The van der Waals surface area contributed by atoms with E-state index in [2.05, 4.69) is 108 Å². The highest BCUT2D eigenvalue weighted by Crippen LogP contribution is 2.33. The van der Waals surface area contributed by atoms with Gasteiger partial charge in [-0.15, -0.1) is 0 Å². The maximum absolute atomic E-state index is 5.02. The molecule has 0 aliphatic heterocycles. The predicted octanol–water partition coefficient (Wildman–Crippen LogP) is 10.7. The van der Waals surface area contributed by atoms with E-state index in [1.165, 1.54) is 21.8 Å². The second kappa shape index (κ2) is 11.8. The third-order valence-electron chi connectivity index (χ3n) is 7.94. The number of fused-ring (bicyclic) bond motifs is 3. The van der Waals surface area contributed by atoms with Crippen molar-refractivity contribution >= 4 is 27.4 Å². The molecule has 0 amide bonds. The normalized spacial score (nSPS) is 11.9. The molecule has 2 aromatic heterocycles. The van der Waals surface area contributed by atoms with Gasteiger partial charge in [-0.05, 0) is 60.0 Å². The summed E-state index contributed by atoms with van der Waals surface area (Å²) in [7, 11) is 0. The van der Waals surface area contributed by atoms with E-state index in [0.29, 0.717) is 5.82 Å². The van der Waals surface area contributed by atoms with Crippen molar-refractivity contribution in [1.82, 2.24) is 14.5 Å². The van der Waals surface area contributed by atoms with E-state index in [1.807, 2.05) is 67.6 Å². The molecule has 0 atom stereocenters. The lowest BCUT2D eigenvalue weighted by Gasteiger charge is -2.12. The summed E-state index contributed by atoms with van der Waals surface area (Å²) in [6.07, 6.45) is 7.88. The Labute approximate surface area is 257 Å². The molecular formula is C41H31N3. The quantitative estimate of drug-likeness (QED) is 0.180. The fourth-order valence-electron chi connectivity index (χ4n) is 5.78. The van der Waals surface area contributed by atoms with Gasteiger partial charge in [-0.25, -0.2) is 9.97 Å². The van der Waals surface area contributed by atoms with Crippen molar-refractivity contribution in [3.8, 4) is 39.5 Å². The standard InChI is InChI=1S/C41H31N3/c1-3-5-14-29(4-2)37-28-38(43-41(42-37)31-15-7-6-8-16-31)33-18-13-17-32(27-33)30-23-25-34(26-24-30)44-39-21-11-9-19-35(39)36-20-10-12-22-40(36)44/h3-28H,2H2,1H3/b5-3-,29-14+. The van der Waals surface area contributed by atoms with Crippen LogP contribution in [0.3, 0.4) is 0 Å². The van der Waals surface area contributed by atoms with E-state index in [-0.39, 0.29) is 0 Å². The molecule has 3 heteroatoms. The van der Waals surface area contributed by atoms with Crippen molar-refractivity contribution in [2.45, 2.75) is 6.92 Å². The molecule has 0 unspecified atom stereocenters. The first kappa shape index (κ1) is 27.1. The Morgan fingerprint density at radius 3 is 1.93 bits per heavy atom. The lowest BCUT2D eigenvalue weighted by molar-refractivity contribution is 1.16. The molecule has 7 aromatic rings. The lowest BCUT2D eigenvalue weighted by Crippen LogP contribution is -1.98. The van der Waals surface area contributed by atoms with Gasteiger partial charge < -0.3 is 4.57 Å². The van der Waals surface area contributed by atoms with Crippen molar-refractivity contribution < 1.29 is 0 Å². The smallest absolute Gasteiger partial charge is 0.160 e. The number of hydrogen-bond donors (Lipinski definition) is 0. The summed E-state index contributed by atoms with van der Waals surface area (Å²) in [5.74, 6) is 0.687. The highest BCUT2D eigenvalue weighted by Gasteiger charge is 2.13. The third kappa shape index (κ3) is 5.05. The maximum Gasteiger partial charge on any atom is 0.160 e. The number of hydrogen-bond acceptors (Lipinski definition) is 2. The molecule has 0 fully saturated rings. The zero-order valence-electron chi connectivity index (χ0n) is 24.6. The highest BCUT2D eigenvalue weighted by molar-refractivity contribution is 6.09. The SMILES string of the molecule is C=C/C(=C\C=C/C)c1cc(-c2cccc(-c3ccc(-n4c5ccccc5c5ccccc54)cc3)c2)nc(-c2ccccc2)n1. The van der Waals surface area contributed by atoms with Gasteiger partial charge in [0, 0.05) is 27.6 Å². The number of para-hydroxylation sites is 2. The minimum atomic E-state index is 0.687. The molecule has 0 bridgehead atoms. The number of aromatic nitrogens is 3. The first-order valence-electron chi connectivity index (χ1n) is 14.8. The van der Waals surface area contributed by atoms with Crippen molar-refractivity contribution in [1.29, 1.82) is 0 Å². The van der Waals surface area contributed by atoms with Crippen molar-refractivity contribution in [2.75, 3.05) is 0 Å². The van der Waals surface area contributed by atoms with Crippen LogP contribution in [0.5, 0.6) is 0 Å². The van der Waals surface area contributed by atoms with Crippen LogP contribution in [0.2, 0.25) is 0 Å². The molecule has 0 saturated heterocycles. The summed E-state index contributed by atoms with van der Waals surface area (Å²) in [5.41, 5.74) is 10.5. The van der Waals surface area contributed by atoms with Crippen molar-refractivity contribution in [3.05, 3.63) is 170 Å².